The van der Waals surface area contributed by atoms with E-state index in [4.69, 9.17) is 16.3 Å². The van der Waals surface area contributed by atoms with Crippen LogP contribution in [0.1, 0.15) is 24.5 Å². The summed E-state index contributed by atoms with van der Waals surface area (Å²) in [5.41, 5.74) is 2.06. The first-order valence-electron chi connectivity index (χ1n) is 8.90. The monoisotopic (exact) mass is 388 g/mol. The molecule has 2 aromatic carbocycles. The van der Waals surface area contributed by atoms with E-state index in [0.29, 0.717) is 23.7 Å². The molecule has 1 atom stereocenters. The summed E-state index contributed by atoms with van der Waals surface area (Å²) < 4.78 is 5.60. The van der Waals surface area contributed by atoms with E-state index < -0.39 is 6.04 Å². The van der Waals surface area contributed by atoms with Crippen molar-refractivity contribution in [2.45, 2.75) is 32.9 Å². The molecule has 0 fully saturated rings. The Morgan fingerprint density at radius 3 is 2.44 bits per heavy atom. The number of rotatable bonds is 8. The van der Waals surface area contributed by atoms with Crippen molar-refractivity contribution in [1.82, 2.24) is 10.2 Å². The lowest BCUT2D eigenvalue weighted by molar-refractivity contribution is -0.142. The lowest BCUT2D eigenvalue weighted by atomic mass is 10.1. The number of ether oxygens (including phenoxy) is 1. The molecule has 0 saturated carbocycles. The summed E-state index contributed by atoms with van der Waals surface area (Å²) in [7, 11) is 1.57. The quantitative estimate of drug-likeness (QED) is 0.751. The van der Waals surface area contributed by atoms with E-state index >= 15 is 0 Å². The number of carbonyl (C=O) groups excluding carboxylic acids is 2. The van der Waals surface area contributed by atoms with Crippen molar-refractivity contribution in [3.63, 3.8) is 0 Å². The Hall–Kier alpha value is -2.53. The van der Waals surface area contributed by atoms with Crippen molar-refractivity contribution in [3.8, 4) is 5.75 Å². The molecule has 2 amide bonds. The van der Waals surface area contributed by atoms with Crippen LogP contribution in [-0.2, 0) is 16.1 Å². The molecule has 0 saturated heterocycles. The molecule has 2 aromatic rings. The number of halogens is 1. The minimum Gasteiger partial charge on any atom is -0.482 e. The van der Waals surface area contributed by atoms with Gasteiger partial charge in [0.1, 0.15) is 11.8 Å². The largest absolute Gasteiger partial charge is 0.482 e. The maximum atomic E-state index is 12.9. The summed E-state index contributed by atoms with van der Waals surface area (Å²) in [5.74, 6) is -0.0258. The number of hydrogen-bond donors (Lipinski definition) is 1. The molecular weight excluding hydrogens is 364 g/mol. The van der Waals surface area contributed by atoms with Crippen molar-refractivity contribution >= 4 is 23.4 Å². The normalized spacial score (nSPS) is 11.6. The molecule has 0 aliphatic carbocycles. The van der Waals surface area contributed by atoms with Gasteiger partial charge in [-0.2, -0.15) is 0 Å². The number of carbonyl (C=O) groups is 2. The second kappa shape index (κ2) is 9.97. The molecule has 1 unspecified atom stereocenters. The first-order valence-corrected chi connectivity index (χ1v) is 9.28. The van der Waals surface area contributed by atoms with Crippen LogP contribution in [0, 0.1) is 6.92 Å². The van der Waals surface area contributed by atoms with Crippen molar-refractivity contribution < 1.29 is 14.3 Å². The molecule has 0 bridgehead atoms. The molecule has 0 spiro atoms. The number of likely N-dealkylation sites (N-methyl/N-ethyl adjacent to an activating group) is 1. The Kier molecular flexibility index (Phi) is 7.67. The van der Waals surface area contributed by atoms with Crippen molar-refractivity contribution in [1.29, 1.82) is 0 Å². The van der Waals surface area contributed by atoms with Crippen LogP contribution < -0.4 is 10.1 Å². The van der Waals surface area contributed by atoms with Gasteiger partial charge in [-0.25, -0.2) is 0 Å². The highest BCUT2D eigenvalue weighted by Crippen LogP contribution is 2.23. The maximum absolute atomic E-state index is 12.9. The van der Waals surface area contributed by atoms with E-state index in [2.05, 4.69) is 5.32 Å². The summed E-state index contributed by atoms with van der Waals surface area (Å²) in [6.07, 6.45) is 0.503. The van der Waals surface area contributed by atoms with Crippen LogP contribution in [-0.4, -0.2) is 36.4 Å². The van der Waals surface area contributed by atoms with Crippen LogP contribution in [0.4, 0.5) is 0 Å². The molecule has 0 aliphatic heterocycles. The second-order valence-corrected chi connectivity index (χ2v) is 6.61. The van der Waals surface area contributed by atoms with Gasteiger partial charge in [-0.3, -0.25) is 9.59 Å². The summed E-state index contributed by atoms with van der Waals surface area (Å²) in [4.78, 5) is 26.8. The van der Waals surface area contributed by atoms with Crippen molar-refractivity contribution in [2.75, 3.05) is 13.7 Å². The van der Waals surface area contributed by atoms with Crippen molar-refractivity contribution in [2.24, 2.45) is 0 Å². The van der Waals surface area contributed by atoms with Gasteiger partial charge in [-0.1, -0.05) is 54.9 Å². The van der Waals surface area contributed by atoms with E-state index in [1.807, 2.05) is 38.1 Å². The third kappa shape index (κ3) is 5.47. The molecule has 0 heterocycles. The lowest BCUT2D eigenvalue weighted by Crippen LogP contribution is -2.49. The Morgan fingerprint density at radius 2 is 1.81 bits per heavy atom. The molecule has 5 nitrogen and oxygen atoms in total. The molecule has 27 heavy (non-hydrogen) atoms. The van der Waals surface area contributed by atoms with Crippen LogP contribution in [0.5, 0.6) is 5.75 Å². The van der Waals surface area contributed by atoms with Gasteiger partial charge in [-0.15, -0.1) is 0 Å². The van der Waals surface area contributed by atoms with E-state index in [-0.39, 0.29) is 18.4 Å². The fraction of sp³-hybridized carbons (Fsp3) is 0.333. The van der Waals surface area contributed by atoms with Crippen LogP contribution >= 0.6 is 11.6 Å². The zero-order valence-electron chi connectivity index (χ0n) is 15.9. The van der Waals surface area contributed by atoms with E-state index in [0.717, 1.165) is 11.1 Å². The molecule has 1 N–H and O–H groups in total. The van der Waals surface area contributed by atoms with E-state index in [1.54, 1.807) is 36.2 Å². The third-order valence-electron chi connectivity index (χ3n) is 4.42. The lowest BCUT2D eigenvalue weighted by Gasteiger charge is -2.30. The number of amides is 2. The predicted molar refractivity (Wildman–Crippen MR) is 107 cm³/mol. The predicted octanol–water partition coefficient (Wildman–Crippen LogP) is 3.58. The van der Waals surface area contributed by atoms with Crippen LogP contribution in [0.2, 0.25) is 5.02 Å². The number of aryl methyl sites for hydroxylation is 1. The highest BCUT2D eigenvalue weighted by molar-refractivity contribution is 6.32. The third-order valence-corrected chi connectivity index (χ3v) is 4.73. The molecular formula is C21H25ClN2O3. The van der Waals surface area contributed by atoms with Gasteiger partial charge in [0, 0.05) is 13.6 Å². The first-order chi connectivity index (χ1) is 13.0. The zero-order valence-corrected chi connectivity index (χ0v) is 16.6. The topological polar surface area (TPSA) is 58.6 Å². The maximum Gasteiger partial charge on any atom is 0.261 e. The number of para-hydroxylation sites is 1. The standard InChI is InChI=1S/C21H25ClN2O3/c1-4-18(21(26)23-3)24(13-16-10-6-5-9-15(16)2)20(25)14-27-19-12-8-7-11-17(19)22/h5-12,18H,4,13-14H2,1-3H3,(H,23,26). The molecule has 0 radical (unpaired) electrons. The second-order valence-electron chi connectivity index (χ2n) is 6.21. The number of benzene rings is 2. The van der Waals surface area contributed by atoms with Gasteiger partial charge in [0.25, 0.3) is 5.91 Å². The van der Waals surface area contributed by atoms with Gasteiger partial charge in [-0.05, 0) is 36.6 Å². The van der Waals surface area contributed by atoms with Crippen LogP contribution in [0.3, 0.4) is 0 Å². The first kappa shape index (κ1) is 20.8. The van der Waals surface area contributed by atoms with Crippen LogP contribution in [0.25, 0.3) is 0 Å². The van der Waals surface area contributed by atoms with E-state index in [9.17, 15) is 9.59 Å². The zero-order chi connectivity index (χ0) is 19.8. The smallest absolute Gasteiger partial charge is 0.261 e. The Morgan fingerprint density at radius 1 is 1.15 bits per heavy atom. The highest BCUT2D eigenvalue weighted by Gasteiger charge is 2.28. The minimum atomic E-state index is -0.572. The number of hydrogen-bond acceptors (Lipinski definition) is 3. The Balaban J connectivity index is 2.22. The summed E-state index contributed by atoms with van der Waals surface area (Å²) >= 11 is 6.09. The molecule has 0 aliphatic rings. The summed E-state index contributed by atoms with van der Waals surface area (Å²) in [6, 6.07) is 14.2. The molecule has 144 valence electrons. The summed E-state index contributed by atoms with van der Waals surface area (Å²) in [5, 5.41) is 3.08. The van der Waals surface area contributed by atoms with E-state index in [1.165, 1.54) is 0 Å². The molecule has 2 rings (SSSR count). The Labute approximate surface area is 165 Å². The minimum absolute atomic E-state index is 0.191. The number of nitrogens with one attached hydrogen (secondary N) is 1. The van der Waals surface area contributed by atoms with Crippen LogP contribution in [0.15, 0.2) is 48.5 Å². The fourth-order valence-electron chi connectivity index (χ4n) is 2.84. The average Bonchev–Trinajstić information content (AvgIpc) is 2.68. The van der Waals surface area contributed by atoms with Gasteiger partial charge in [0.15, 0.2) is 6.61 Å². The fourth-order valence-corrected chi connectivity index (χ4v) is 3.03. The number of nitrogens with zero attached hydrogens (tertiary/aromatic N) is 1. The molecule has 0 aromatic heterocycles. The van der Waals surface area contributed by atoms with Gasteiger partial charge < -0.3 is 15.0 Å². The van der Waals surface area contributed by atoms with Gasteiger partial charge in [0.05, 0.1) is 5.02 Å². The van der Waals surface area contributed by atoms with Crippen molar-refractivity contribution in [3.05, 3.63) is 64.7 Å². The SMILES string of the molecule is CCC(C(=O)NC)N(Cc1ccccc1C)C(=O)COc1ccccc1Cl. The average molecular weight is 389 g/mol. The Bertz CT molecular complexity index is 795. The van der Waals surface area contributed by atoms with Gasteiger partial charge >= 0.3 is 0 Å². The van der Waals surface area contributed by atoms with Gasteiger partial charge in [0.2, 0.25) is 5.91 Å². The summed E-state index contributed by atoms with van der Waals surface area (Å²) in [6.45, 7) is 4.01. The molecule has 6 heteroatoms. The highest BCUT2D eigenvalue weighted by atomic mass is 35.5.